The zero-order valence-corrected chi connectivity index (χ0v) is 18.0. The molecule has 3 amide bonds. The number of carbonyl (C=O) groups excluding carboxylic acids is 2. The minimum absolute atomic E-state index is 0.0636. The lowest BCUT2D eigenvalue weighted by Crippen LogP contribution is -2.49. The van der Waals surface area contributed by atoms with Crippen molar-refractivity contribution in [3.63, 3.8) is 0 Å². The lowest BCUT2D eigenvalue weighted by Gasteiger charge is -2.35. The number of likely N-dealkylation sites (tertiary alicyclic amines) is 1. The van der Waals surface area contributed by atoms with Crippen LogP contribution in [0.4, 0.5) is 29.3 Å². The third kappa shape index (κ3) is 6.86. The quantitative estimate of drug-likeness (QED) is 0.560. The van der Waals surface area contributed by atoms with Crippen LogP contribution in [0.2, 0.25) is 5.02 Å². The highest BCUT2D eigenvalue weighted by Crippen LogP contribution is 2.36. The molecule has 2 aromatic rings. The van der Waals surface area contributed by atoms with Crippen molar-refractivity contribution < 1.29 is 22.8 Å². The number of benzene rings is 2. The lowest BCUT2D eigenvalue weighted by molar-refractivity contribution is -0.137. The number of nitrogens with zero attached hydrogens (tertiary/aromatic N) is 1. The van der Waals surface area contributed by atoms with E-state index in [1.165, 1.54) is 6.07 Å². The van der Waals surface area contributed by atoms with Crippen LogP contribution in [0.1, 0.15) is 24.8 Å². The van der Waals surface area contributed by atoms with E-state index < -0.39 is 17.6 Å². The monoisotopic (exact) mass is 468 g/mol. The van der Waals surface area contributed by atoms with Crippen LogP contribution in [0.25, 0.3) is 0 Å². The third-order valence-corrected chi connectivity index (χ3v) is 5.42. The summed E-state index contributed by atoms with van der Waals surface area (Å²) >= 11 is 5.68. The smallest absolute Gasteiger partial charge is 0.336 e. The van der Waals surface area contributed by atoms with Gasteiger partial charge in [0.05, 0.1) is 17.8 Å². The van der Waals surface area contributed by atoms with Gasteiger partial charge in [-0.3, -0.25) is 9.69 Å². The van der Waals surface area contributed by atoms with Gasteiger partial charge in [0, 0.05) is 23.3 Å². The van der Waals surface area contributed by atoms with E-state index in [0.717, 1.165) is 31.4 Å². The van der Waals surface area contributed by atoms with Crippen LogP contribution in [0.15, 0.2) is 48.5 Å². The molecule has 1 unspecified atom stereocenters. The Hall–Kier alpha value is -2.78. The number of nitrogens with one attached hydrogen (secondary N) is 3. The molecular formula is C22H24ClF3N4O2. The van der Waals surface area contributed by atoms with E-state index in [-0.39, 0.29) is 29.3 Å². The van der Waals surface area contributed by atoms with Gasteiger partial charge in [-0.15, -0.1) is 0 Å². The number of anilines is 2. The molecule has 10 heteroatoms. The fraction of sp³-hybridized carbons (Fsp3) is 0.364. The second-order valence-electron chi connectivity index (χ2n) is 7.56. The molecule has 1 aliphatic heterocycles. The van der Waals surface area contributed by atoms with Crippen molar-refractivity contribution in [1.29, 1.82) is 0 Å². The van der Waals surface area contributed by atoms with E-state index in [1.54, 1.807) is 12.1 Å². The number of hydrogen-bond acceptors (Lipinski definition) is 3. The topological polar surface area (TPSA) is 73.5 Å². The normalized spacial score (nSPS) is 16.9. The fourth-order valence-electron chi connectivity index (χ4n) is 3.64. The highest BCUT2D eigenvalue weighted by atomic mass is 35.5. The maximum absolute atomic E-state index is 13.3. The van der Waals surface area contributed by atoms with Gasteiger partial charge < -0.3 is 16.0 Å². The molecule has 6 nitrogen and oxygen atoms in total. The first-order chi connectivity index (χ1) is 15.2. The fourth-order valence-corrected chi connectivity index (χ4v) is 3.81. The second-order valence-corrected chi connectivity index (χ2v) is 7.99. The summed E-state index contributed by atoms with van der Waals surface area (Å²) < 4.78 is 39.8. The first-order valence-electron chi connectivity index (χ1n) is 10.2. The van der Waals surface area contributed by atoms with E-state index >= 15 is 0 Å². The molecule has 1 heterocycles. The van der Waals surface area contributed by atoms with Gasteiger partial charge in [0.25, 0.3) is 0 Å². The van der Waals surface area contributed by atoms with Gasteiger partial charge in [0.1, 0.15) is 0 Å². The SMILES string of the molecule is O=C(CN1CCCCC1CNC(=O)Nc1ccccc1)Nc1ccc(Cl)cc1C(F)(F)F. The number of amides is 3. The second kappa shape index (κ2) is 10.7. The molecule has 1 saturated heterocycles. The van der Waals surface area contributed by atoms with Crippen molar-refractivity contribution in [3.8, 4) is 0 Å². The minimum Gasteiger partial charge on any atom is -0.336 e. The largest absolute Gasteiger partial charge is 0.418 e. The number of urea groups is 1. The highest BCUT2D eigenvalue weighted by molar-refractivity contribution is 6.30. The van der Waals surface area contributed by atoms with E-state index in [0.29, 0.717) is 18.8 Å². The molecule has 0 spiro atoms. The average Bonchev–Trinajstić information content (AvgIpc) is 2.74. The maximum Gasteiger partial charge on any atom is 0.418 e. The van der Waals surface area contributed by atoms with E-state index in [4.69, 9.17) is 11.6 Å². The van der Waals surface area contributed by atoms with Gasteiger partial charge in [-0.25, -0.2) is 4.79 Å². The minimum atomic E-state index is -4.64. The van der Waals surface area contributed by atoms with Gasteiger partial charge in [-0.05, 0) is 49.7 Å². The molecule has 32 heavy (non-hydrogen) atoms. The summed E-state index contributed by atoms with van der Waals surface area (Å²) in [5, 5.41) is 7.82. The predicted octanol–water partition coefficient (Wildman–Crippen LogP) is 4.97. The van der Waals surface area contributed by atoms with Crippen LogP contribution in [0.5, 0.6) is 0 Å². The van der Waals surface area contributed by atoms with Crippen molar-refractivity contribution in [2.75, 3.05) is 30.3 Å². The Kier molecular flexibility index (Phi) is 7.98. The molecule has 0 aliphatic carbocycles. The molecular weight excluding hydrogens is 445 g/mol. The van der Waals surface area contributed by atoms with Gasteiger partial charge in [0.2, 0.25) is 5.91 Å². The number of halogens is 4. The number of carbonyl (C=O) groups is 2. The standard InChI is InChI=1S/C22H24ClF3N4O2/c23-15-9-10-19(18(12-15)22(24,25)26)29-20(31)14-30-11-5-4-8-17(30)13-27-21(32)28-16-6-2-1-3-7-16/h1-3,6-7,9-10,12,17H,4-5,8,11,13-14H2,(H,29,31)(H2,27,28,32). The Morgan fingerprint density at radius 3 is 2.53 bits per heavy atom. The lowest BCUT2D eigenvalue weighted by atomic mass is 10.0. The molecule has 0 bridgehead atoms. The van der Waals surface area contributed by atoms with Crippen molar-refractivity contribution in [3.05, 3.63) is 59.1 Å². The van der Waals surface area contributed by atoms with E-state index in [2.05, 4.69) is 16.0 Å². The van der Waals surface area contributed by atoms with E-state index in [1.807, 2.05) is 23.1 Å². The zero-order valence-electron chi connectivity index (χ0n) is 17.2. The van der Waals surface area contributed by atoms with Gasteiger partial charge in [0.15, 0.2) is 0 Å². The molecule has 1 fully saturated rings. The number of hydrogen-bond donors (Lipinski definition) is 3. The first kappa shape index (κ1) is 23.9. The van der Waals surface area contributed by atoms with Crippen molar-refractivity contribution >= 4 is 34.9 Å². The predicted molar refractivity (Wildman–Crippen MR) is 118 cm³/mol. The summed E-state index contributed by atoms with van der Waals surface area (Å²) in [4.78, 5) is 26.5. The Morgan fingerprint density at radius 1 is 1.06 bits per heavy atom. The molecule has 172 valence electrons. The molecule has 1 atom stereocenters. The number of piperidine rings is 1. The summed E-state index contributed by atoms with van der Waals surface area (Å²) in [6, 6.07) is 11.8. The van der Waals surface area contributed by atoms with Gasteiger partial charge in [-0.1, -0.05) is 36.2 Å². The number of alkyl halides is 3. The first-order valence-corrected chi connectivity index (χ1v) is 10.6. The Labute approximate surface area is 189 Å². The van der Waals surface area contributed by atoms with Gasteiger partial charge in [-0.2, -0.15) is 13.2 Å². The summed E-state index contributed by atoms with van der Waals surface area (Å²) in [5.41, 5.74) is -0.665. The summed E-state index contributed by atoms with van der Waals surface area (Å²) in [5.74, 6) is -0.557. The number of para-hydroxylation sites is 1. The van der Waals surface area contributed by atoms with Crippen LogP contribution in [-0.2, 0) is 11.0 Å². The van der Waals surface area contributed by atoms with Crippen LogP contribution in [-0.4, -0.2) is 42.5 Å². The van der Waals surface area contributed by atoms with E-state index in [9.17, 15) is 22.8 Å². The van der Waals surface area contributed by atoms with Crippen LogP contribution >= 0.6 is 11.6 Å². The molecule has 2 aromatic carbocycles. The maximum atomic E-state index is 13.3. The average molecular weight is 469 g/mol. The Balaban J connectivity index is 1.57. The third-order valence-electron chi connectivity index (χ3n) is 5.19. The van der Waals surface area contributed by atoms with Crippen LogP contribution < -0.4 is 16.0 Å². The van der Waals surface area contributed by atoms with Crippen molar-refractivity contribution in [2.24, 2.45) is 0 Å². The van der Waals surface area contributed by atoms with Gasteiger partial charge >= 0.3 is 12.2 Å². The Bertz CT molecular complexity index is 941. The summed E-state index contributed by atoms with van der Waals surface area (Å²) in [7, 11) is 0. The zero-order chi connectivity index (χ0) is 23.1. The highest BCUT2D eigenvalue weighted by Gasteiger charge is 2.34. The summed E-state index contributed by atoms with van der Waals surface area (Å²) in [6.07, 6.45) is -2.06. The Morgan fingerprint density at radius 2 is 1.81 bits per heavy atom. The molecule has 3 rings (SSSR count). The van der Waals surface area contributed by atoms with Crippen LogP contribution in [0.3, 0.4) is 0 Å². The van der Waals surface area contributed by atoms with Crippen molar-refractivity contribution in [1.82, 2.24) is 10.2 Å². The molecule has 0 saturated carbocycles. The van der Waals surface area contributed by atoms with Crippen LogP contribution in [0, 0.1) is 0 Å². The number of rotatable bonds is 6. The molecule has 3 N–H and O–H groups in total. The van der Waals surface area contributed by atoms with Crippen molar-refractivity contribution in [2.45, 2.75) is 31.5 Å². The summed E-state index contributed by atoms with van der Waals surface area (Å²) in [6.45, 7) is 0.861. The molecule has 1 aliphatic rings. The molecule has 0 radical (unpaired) electrons. The molecule has 0 aromatic heterocycles.